The highest BCUT2D eigenvalue weighted by molar-refractivity contribution is 6.30. The molecule has 1 aromatic rings. The van der Waals surface area contributed by atoms with Gasteiger partial charge in [-0.3, -0.25) is 0 Å². The van der Waals surface area contributed by atoms with Crippen LogP contribution < -0.4 is 4.74 Å². The molecular weight excluding hydrogens is 250 g/mol. The van der Waals surface area contributed by atoms with Crippen molar-refractivity contribution in [3.05, 3.63) is 16.5 Å². The Hall–Kier alpha value is -0.870. The van der Waals surface area contributed by atoms with Gasteiger partial charge in [-0.15, -0.1) is 0 Å². The molecule has 0 bridgehead atoms. The van der Waals surface area contributed by atoms with Crippen LogP contribution >= 0.6 is 11.6 Å². The van der Waals surface area contributed by atoms with Gasteiger partial charge in [0.05, 0.1) is 6.61 Å². The average Bonchev–Trinajstić information content (AvgIpc) is 2.30. The minimum absolute atomic E-state index is 0.496. The Kier molecular flexibility index (Phi) is 6.36. The monoisotopic (exact) mass is 271 g/mol. The van der Waals surface area contributed by atoms with E-state index in [1.54, 1.807) is 0 Å². The summed E-state index contributed by atoms with van der Waals surface area (Å²) < 4.78 is 5.69. The van der Waals surface area contributed by atoms with Crippen LogP contribution in [0.4, 0.5) is 0 Å². The summed E-state index contributed by atoms with van der Waals surface area (Å²) in [5.41, 5.74) is 0.821. The van der Waals surface area contributed by atoms with Crippen molar-refractivity contribution in [2.45, 2.75) is 33.1 Å². The highest BCUT2D eigenvalue weighted by atomic mass is 35.5. The minimum atomic E-state index is 0.496. The molecule has 18 heavy (non-hydrogen) atoms. The normalized spacial score (nSPS) is 11.0. The lowest BCUT2D eigenvalue weighted by Gasteiger charge is -2.12. The quantitative estimate of drug-likeness (QED) is 0.565. The Morgan fingerprint density at radius 1 is 1.28 bits per heavy atom. The summed E-state index contributed by atoms with van der Waals surface area (Å²) in [5, 5.41) is 0.496. The molecule has 0 aliphatic carbocycles. The molecule has 0 aromatic carbocycles. The van der Waals surface area contributed by atoms with E-state index in [-0.39, 0.29) is 0 Å². The van der Waals surface area contributed by atoms with Crippen molar-refractivity contribution in [3.8, 4) is 5.88 Å². The lowest BCUT2D eigenvalue weighted by molar-refractivity contribution is 0.270. The molecule has 0 amide bonds. The van der Waals surface area contributed by atoms with Crippen LogP contribution in [-0.2, 0) is 6.42 Å². The molecule has 0 saturated carbocycles. The summed E-state index contributed by atoms with van der Waals surface area (Å²) in [5.74, 6) is 1.38. The lowest BCUT2D eigenvalue weighted by atomic mass is 10.3. The summed E-state index contributed by atoms with van der Waals surface area (Å²) in [6, 6.07) is 0. The fraction of sp³-hybridized carbons (Fsp3) is 0.692. The molecule has 4 nitrogen and oxygen atoms in total. The predicted molar refractivity (Wildman–Crippen MR) is 74.4 cm³/mol. The summed E-state index contributed by atoms with van der Waals surface area (Å²) in [6.07, 6.45) is 2.80. The number of halogens is 1. The molecule has 102 valence electrons. The van der Waals surface area contributed by atoms with Crippen LogP contribution in [0.2, 0.25) is 5.15 Å². The van der Waals surface area contributed by atoms with E-state index in [4.69, 9.17) is 16.3 Å². The van der Waals surface area contributed by atoms with Crippen molar-refractivity contribution in [3.63, 3.8) is 0 Å². The zero-order valence-electron chi connectivity index (χ0n) is 11.7. The van der Waals surface area contributed by atoms with Crippen molar-refractivity contribution in [2.24, 2.45) is 0 Å². The van der Waals surface area contributed by atoms with Crippen molar-refractivity contribution in [2.75, 3.05) is 27.2 Å². The van der Waals surface area contributed by atoms with Gasteiger partial charge in [0.25, 0.3) is 0 Å². The van der Waals surface area contributed by atoms with E-state index in [1.165, 1.54) is 0 Å². The Bertz CT molecular complexity index is 383. The predicted octanol–water partition coefficient (Wildman–Crippen LogP) is 2.72. The van der Waals surface area contributed by atoms with Crippen LogP contribution in [0, 0.1) is 6.92 Å². The van der Waals surface area contributed by atoms with Gasteiger partial charge in [0.1, 0.15) is 11.0 Å². The standard InChI is InChI=1S/C13H22ClN3O/c1-5-7-11-15-12(14)10(2)13(16-11)18-9-6-8-17(3)4/h5-9H2,1-4H3. The maximum Gasteiger partial charge on any atom is 0.221 e. The highest BCUT2D eigenvalue weighted by Gasteiger charge is 2.10. The summed E-state index contributed by atoms with van der Waals surface area (Å²) in [7, 11) is 4.10. The molecule has 0 atom stereocenters. The fourth-order valence-corrected chi connectivity index (χ4v) is 1.72. The van der Waals surface area contributed by atoms with Crippen LogP contribution in [0.5, 0.6) is 5.88 Å². The first kappa shape index (κ1) is 15.2. The van der Waals surface area contributed by atoms with Gasteiger partial charge in [-0.1, -0.05) is 18.5 Å². The molecule has 5 heteroatoms. The molecule has 1 aromatic heterocycles. The molecule has 0 radical (unpaired) electrons. The third-order valence-electron chi connectivity index (χ3n) is 2.55. The number of nitrogens with zero attached hydrogens (tertiary/aromatic N) is 3. The Morgan fingerprint density at radius 2 is 2.00 bits per heavy atom. The molecule has 0 N–H and O–H groups in total. The highest BCUT2D eigenvalue weighted by Crippen LogP contribution is 2.22. The van der Waals surface area contributed by atoms with Crippen LogP contribution in [0.25, 0.3) is 0 Å². The molecule has 0 aliphatic rings. The number of hydrogen-bond acceptors (Lipinski definition) is 4. The van der Waals surface area contributed by atoms with Crippen molar-refractivity contribution >= 4 is 11.6 Å². The van der Waals surface area contributed by atoms with Crippen LogP contribution in [0.1, 0.15) is 31.2 Å². The second kappa shape index (κ2) is 7.54. The molecule has 0 fully saturated rings. The molecule has 1 rings (SSSR count). The second-order valence-electron chi connectivity index (χ2n) is 4.62. The lowest BCUT2D eigenvalue weighted by Crippen LogP contribution is -2.16. The van der Waals surface area contributed by atoms with Crippen molar-refractivity contribution in [1.29, 1.82) is 0 Å². The smallest absolute Gasteiger partial charge is 0.221 e. The van der Waals surface area contributed by atoms with Crippen LogP contribution in [0.3, 0.4) is 0 Å². The fourth-order valence-electron chi connectivity index (χ4n) is 1.54. The zero-order valence-corrected chi connectivity index (χ0v) is 12.4. The van der Waals surface area contributed by atoms with E-state index in [9.17, 15) is 0 Å². The number of aromatic nitrogens is 2. The summed E-state index contributed by atoms with van der Waals surface area (Å²) >= 11 is 6.08. The summed E-state index contributed by atoms with van der Waals surface area (Å²) in [4.78, 5) is 10.8. The summed E-state index contributed by atoms with van der Waals surface area (Å²) in [6.45, 7) is 5.63. The van der Waals surface area contributed by atoms with Gasteiger partial charge in [0.2, 0.25) is 5.88 Å². The van der Waals surface area contributed by atoms with Gasteiger partial charge in [0, 0.05) is 18.5 Å². The number of hydrogen-bond donors (Lipinski definition) is 0. The van der Waals surface area contributed by atoms with Gasteiger partial charge < -0.3 is 9.64 Å². The van der Waals surface area contributed by atoms with Gasteiger partial charge in [-0.25, -0.2) is 4.98 Å². The molecule has 0 spiro atoms. The minimum Gasteiger partial charge on any atom is -0.477 e. The van der Waals surface area contributed by atoms with E-state index in [1.807, 2.05) is 21.0 Å². The zero-order chi connectivity index (χ0) is 13.5. The molecule has 1 heterocycles. The molecular formula is C13H22ClN3O. The van der Waals surface area contributed by atoms with E-state index < -0.39 is 0 Å². The number of rotatable bonds is 7. The van der Waals surface area contributed by atoms with Gasteiger partial charge in [-0.2, -0.15) is 4.98 Å². The average molecular weight is 272 g/mol. The third kappa shape index (κ3) is 4.78. The third-order valence-corrected chi connectivity index (χ3v) is 2.92. The largest absolute Gasteiger partial charge is 0.477 e. The van der Waals surface area contributed by atoms with Gasteiger partial charge in [0.15, 0.2) is 0 Å². The Labute approximate surface area is 114 Å². The Balaban J connectivity index is 2.63. The molecule has 0 saturated heterocycles. The molecule has 0 aliphatic heterocycles. The van der Waals surface area contributed by atoms with Crippen molar-refractivity contribution < 1.29 is 4.74 Å². The van der Waals surface area contributed by atoms with Crippen LogP contribution in [0.15, 0.2) is 0 Å². The topological polar surface area (TPSA) is 38.2 Å². The second-order valence-corrected chi connectivity index (χ2v) is 4.97. The van der Waals surface area contributed by atoms with Crippen LogP contribution in [-0.4, -0.2) is 42.1 Å². The SMILES string of the molecule is CCCc1nc(Cl)c(C)c(OCCCN(C)C)n1. The Morgan fingerprint density at radius 3 is 2.61 bits per heavy atom. The van der Waals surface area contributed by atoms with E-state index in [0.717, 1.165) is 37.2 Å². The molecule has 0 unspecified atom stereocenters. The van der Waals surface area contributed by atoms with Crippen molar-refractivity contribution in [1.82, 2.24) is 14.9 Å². The maximum atomic E-state index is 6.08. The first-order chi connectivity index (χ1) is 8.54. The first-order valence-electron chi connectivity index (χ1n) is 6.35. The maximum absolute atomic E-state index is 6.08. The van der Waals surface area contributed by atoms with Gasteiger partial charge in [-0.05, 0) is 33.9 Å². The van der Waals surface area contributed by atoms with E-state index in [2.05, 4.69) is 21.8 Å². The first-order valence-corrected chi connectivity index (χ1v) is 6.73. The van der Waals surface area contributed by atoms with Gasteiger partial charge >= 0.3 is 0 Å². The van der Waals surface area contributed by atoms with E-state index >= 15 is 0 Å². The van der Waals surface area contributed by atoms with E-state index in [0.29, 0.717) is 17.6 Å². The number of aryl methyl sites for hydroxylation is 1. The number of ether oxygens (including phenoxy) is 1.